The van der Waals surface area contributed by atoms with Crippen LogP contribution in [0.5, 0.6) is 5.75 Å². The number of likely N-dealkylation sites (tertiary alicyclic amines) is 1. The summed E-state index contributed by atoms with van der Waals surface area (Å²) in [5, 5.41) is 47.9. The molecule has 0 saturated carbocycles. The maximum Gasteiger partial charge on any atom is 0.326 e. The molecule has 1 aromatic rings. The molecule has 0 aromatic heterocycles. The average molecular weight is 975 g/mol. The quantitative estimate of drug-likeness (QED) is 0.0443. The molecule has 384 valence electrons. The average Bonchev–Trinajstić information content (AvgIpc) is 3.77. The number of carboxylic acid groups (broad SMARTS) is 2. The number of hydrogen-bond donors (Lipinski definition) is 12. The van der Waals surface area contributed by atoms with Crippen molar-refractivity contribution in [2.75, 3.05) is 19.6 Å². The highest BCUT2D eigenvalue weighted by Gasteiger charge is 2.39. The van der Waals surface area contributed by atoms with Crippen LogP contribution in [0.4, 0.5) is 0 Å². The SMILES string of the molecule is CC[C@H](C)[C@H](NC(=O)CNC(=O)[C@@H]1CCCN1C(=O)[C@H](CC(C)C)NC(=O)[C@@H](N)CC(=O)O)C(=O)N[C@@H](C)C(=O)N[C@H](C(=O)N[C@@H](C)C(=O)NCC(=O)N[C@@H](Cc1ccc(O)cc1)C(=O)O)C(C)C. The van der Waals surface area contributed by atoms with Gasteiger partial charge in [-0.3, -0.25) is 47.9 Å². The van der Waals surface area contributed by atoms with Crippen LogP contribution in [0.3, 0.4) is 0 Å². The molecule has 24 nitrogen and oxygen atoms in total. The number of phenolic OH excluding ortho intramolecular Hbond substituents is 1. The second-order valence-electron chi connectivity index (χ2n) is 18.0. The summed E-state index contributed by atoms with van der Waals surface area (Å²) in [6.07, 6.45) is 0.555. The van der Waals surface area contributed by atoms with Gasteiger partial charge < -0.3 is 68.5 Å². The van der Waals surface area contributed by atoms with E-state index in [1.54, 1.807) is 27.7 Å². The van der Waals surface area contributed by atoms with E-state index < -0.39 is 145 Å². The van der Waals surface area contributed by atoms with Crippen molar-refractivity contribution in [2.45, 2.75) is 142 Å². The van der Waals surface area contributed by atoms with Crippen LogP contribution in [-0.4, -0.2) is 153 Å². The Morgan fingerprint density at radius 2 is 1.25 bits per heavy atom. The highest BCUT2D eigenvalue weighted by atomic mass is 16.4. The highest BCUT2D eigenvalue weighted by Crippen LogP contribution is 2.21. The lowest BCUT2D eigenvalue weighted by Crippen LogP contribution is -2.59. The monoisotopic (exact) mass is 975 g/mol. The summed E-state index contributed by atoms with van der Waals surface area (Å²) in [6.45, 7) is 12.0. The maximum absolute atomic E-state index is 13.7. The summed E-state index contributed by atoms with van der Waals surface area (Å²) >= 11 is 0. The van der Waals surface area contributed by atoms with Gasteiger partial charge >= 0.3 is 11.9 Å². The van der Waals surface area contributed by atoms with Crippen LogP contribution in [0, 0.1) is 17.8 Å². The number of carboxylic acids is 2. The van der Waals surface area contributed by atoms with Gasteiger partial charge in [0.2, 0.25) is 53.2 Å². The molecule has 0 spiro atoms. The first-order valence-electron chi connectivity index (χ1n) is 22.9. The predicted molar refractivity (Wildman–Crippen MR) is 247 cm³/mol. The summed E-state index contributed by atoms with van der Waals surface area (Å²) < 4.78 is 0. The van der Waals surface area contributed by atoms with E-state index >= 15 is 0 Å². The Morgan fingerprint density at radius 3 is 1.80 bits per heavy atom. The van der Waals surface area contributed by atoms with Crippen LogP contribution in [-0.2, 0) is 59.2 Å². The number of rotatable bonds is 27. The van der Waals surface area contributed by atoms with Crippen molar-refractivity contribution in [1.29, 1.82) is 0 Å². The summed E-state index contributed by atoms with van der Waals surface area (Å²) in [7, 11) is 0. The minimum absolute atomic E-state index is 0.0191. The van der Waals surface area contributed by atoms with Crippen LogP contribution < -0.4 is 48.3 Å². The number of nitrogens with two attached hydrogens (primary N) is 1. The number of amides is 9. The second-order valence-corrected chi connectivity index (χ2v) is 18.0. The fraction of sp³-hybridized carbons (Fsp3) is 0.622. The summed E-state index contributed by atoms with van der Waals surface area (Å²) in [4.78, 5) is 142. The van der Waals surface area contributed by atoms with E-state index in [4.69, 9.17) is 10.8 Å². The molecule has 24 heteroatoms. The third-order valence-corrected chi connectivity index (χ3v) is 11.3. The summed E-state index contributed by atoms with van der Waals surface area (Å²) in [5.74, 6) is -10.4. The number of nitrogens with zero attached hydrogens (tertiary/aromatic N) is 1. The van der Waals surface area contributed by atoms with E-state index in [0.717, 1.165) is 0 Å². The lowest BCUT2D eigenvalue weighted by Gasteiger charge is -2.30. The number of carbonyl (C=O) groups excluding carboxylic acids is 9. The van der Waals surface area contributed by atoms with Gasteiger partial charge in [0.25, 0.3) is 0 Å². The summed E-state index contributed by atoms with van der Waals surface area (Å²) in [5.41, 5.74) is 6.23. The van der Waals surface area contributed by atoms with E-state index in [1.165, 1.54) is 43.0 Å². The Morgan fingerprint density at radius 1 is 0.681 bits per heavy atom. The zero-order valence-electron chi connectivity index (χ0n) is 40.4. The van der Waals surface area contributed by atoms with E-state index in [1.807, 2.05) is 13.8 Å². The van der Waals surface area contributed by atoms with Crippen molar-refractivity contribution in [3.8, 4) is 5.75 Å². The van der Waals surface area contributed by atoms with Crippen LogP contribution in [0.2, 0.25) is 0 Å². The third-order valence-electron chi connectivity index (χ3n) is 11.3. The number of aromatic hydroxyl groups is 1. The van der Waals surface area contributed by atoms with Gasteiger partial charge in [-0.1, -0.05) is 60.1 Å². The van der Waals surface area contributed by atoms with Gasteiger partial charge in [-0.15, -0.1) is 0 Å². The van der Waals surface area contributed by atoms with Crippen molar-refractivity contribution < 1.29 is 68.1 Å². The molecule has 1 aliphatic heterocycles. The normalized spacial score (nSPS) is 16.8. The Bertz CT molecular complexity index is 2020. The molecule has 1 aliphatic rings. The molecule has 1 heterocycles. The molecule has 0 unspecified atom stereocenters. The van der Waals surface area contributed by atoms with Crippen molar-refractivity contribution in [1.82, 2.24) is 47.4 Å². The van der Waals surface area contributed by atoms with Crippen LogP contribution in [0.25, 0.3) is 0 Å². The van der Waals surface area contributed by atoms with Crippen molar-refractivity contribution >= 4 is 65.1 Å². The first-order valence-corrected chi connectivity index (χ1v) is 22.9. The van der Waals surface area contributed by atoms with Gasteiger partial charge in [-0.25, -0.2) is 4.79 Å². The van der Waals surface area contributed by atoms with Crippen LogP contribution in [0.1, 0.15) is 93.1 Å². The number of hydrogen-bond acceptors (Lipinski definition) is 13. The lowest BCUT2D eigenvalue weighted by atomic mass is 9.97. The molecule has 2 rings (SSSR count). The predicted octanol–water partition coefficient (Wildman–Crippen LogP) is -2.26. The minimum atomic E-state index is -1.40. The second kappa shape index (κ2) is 27.8. The number of benzene rings is 1. The molecule has 9 atom stereocenters. The Labute approximate surface area is 400 Å². The molecule has 9 amide bonds. The fourth-order valence-corrected chi connectivity index (χ4v) is 7.15. The van der Waals surface area contributed by atoms with E-state index in [2.05, 4.69) is 42.5 Å². The van der Waals surface area contributed by atoms with Gasteiger partial charge in [0.05, 0.1) is 25.6 Å². The zero-order valence-corrected chi connectivity index (χ0v) is 40.4. The van der Waals surface area contributed by atoms with Crippen LogP contribution in [0.15, 0.2) is 24.3 Å². The van der Waals surface area contributed by atoms with Crippen molar-refractivity contribution in [3.05, 3.63) is 29.8 Å². The maximum atomic E-state index is 13.7. The van der Waals surface area contributed by atoms with Gasteiger partial charge in [-0.05, 0) is 68.6 Å². The topological polar surface area (TPSA) is 374 Å². The van der Waals surface area contributed by atoms with E-state index in [9.17, 15) is 63.0 Å². The molecule has 0 radical (unpaired) electrons. The largest absolute Gasteiger partial charge is 0.508 e. The molecule has 13 N–H and O–H groups in total. The number of aliphatic carboxylic acids is 2. The van der Waals surface area contributed by atoms with Gasteiger partial charge in [0.1, 0.15) is 48.0 Å². The standard InChI is InChI=1S/C45H70N10O14/c1-9-24(6)37(53-34(58)21-48-41(64)32-11-10-16-55(32)44(67)30(17-22(2)3)52-40(63)29(46)19-35(59)60)43(66)50-26(8)39(62)54-36(23(4)5)42(65)49-25(7)38(61)47-20-33(57)51-31(45(68)69)18-27-12-14-28(56)15-13-27/h12-15,22-26,29-32,36-37,56H,9-11,16-21,46H2,1-8H3,(H,47,61)(H,48,64)(H,49,65)(H,50,66)(H,51,57)(H,52,63)(H,53,58)(H,54,62)(H,59,60)(H,68,69)/t24-,25-,26-,29-,30-,31-,32-,36-,37-/m0/s1. The smallest absolute Gasteiger partial charge is 0.326 e. The Balaban J connectivity index is 1.97. The summed E-state index contributed by atoms with van der Waals surface area (Å²) in [6, 6.07) is -3.91. The molecule has 69 heavy (non-hydrogen) atoms. The zero-order chi connectivity index (χ0) is 52.3. The highest BCUT2D eigenvalue weighted by molar-refractivity contribution is 5.98. The Hall–Kier alpha value is -6.85. The van der Waals surface area contributed by atoms with Gasteiger partial charge in [0.15, 0.2) is 0 Å². The number of phenols is 1. The first-order chi connectivity index (χ1) is 32.2. The molecule has 0 bridgehead atoms. The molecular weight excluding hydrogens is 905 g/mol. The van der Waals surface area contributed by atoms with E-state index in [-0.39, 0.29) is 37.5 Å². The number of nitrogens with one attached hydrogen (secondary N) is 8. The molecule has 1 aromatic carbocycles. The molecular formula is C45H70N10O14. The van der Waals surface area contributed by atoms with Gasteiger partial charge in [0, 0.05) is 13.0 Å². The third kappa shape index (κ3) is 19.4. The van der Waals surface area contributed by atoms with E-state index in [0.29, 0.717) is 18.4 Å². The number of carbonyl (C=O) groups is 11. The van der Waals surface area contributed by atoms with Crippen molar-refractivity contribution in [3.63, 3.8) is 0 Å². The first kappa shape index (κ1) is 58.3. The molecule has 0 aliphatic carbocycles. The van der Waals surface area contributed by atoms with Crippen LogP contribution >= 0.6 is 0 Å². The Kier molecular flexibility index (Phi) is 23.5. The fourth-order valence-electron chi connectivity index (χ4n) is 7.15. The molecule has 1 fully saturated rings. The molecule has 1 saturated heterocycles. The lowest BCUT2D eigenvalue weighted by molar-refractivity contribution is -0.143. The van der Waals surface area contributed by atoms with Gasteiger partial charge in [-0.2, -0.15) is 0 Å². The minimum Gasteiger partial charge on any atom is -0.508 e. The van der Waals surface area contributed by atoms with Crippen molar-refractivity contribution in [2.24, 2.45) is 23.5 Å².